The first-order chi connectivity index (χ1) is 17.0. The Hall–Kier alpha value is -2.37. The minimum Gasteiger partial charge on any atom is -0.362 e. The number of halogens is 9. The lowest BCUT2D eigenvalue weighted by Crippen LogP contribution is -2.61. The molecule has 0 N–H and O–H groups in total. The minimum atomic E-state index is -4.92. The number of ether oxygens (including phenoxy) is 1. The Morgan fingerprint density at radius 3 is 2.14 bits per heavy atom. The van der Waals surface area contributed by atoms with Crippen molar-refractivity contribution in [1.29, 1.82) is 0 Å². The van der Waals surface area contributed by atoms with Crippen LogP contribution in [0.1, 0.15) is 46.8 Å². The number of fused-ring (bicyclic) bond motifs is 2. The molecular weight excluding hydrogens is 554 g/mol. The van der Waals surface area contributed by atoms with Crippen LogP contribution < -0.4 is 0 Å². The molecule has 200 valence electrons. The fourth-order valence-electron chi connectivity index (χ4n) is 4.58. The van der Waals surface area contributed by atoms with E-state index in [4.69, 9.17) is 27.9 Å². The molecule has 0 bridgehead atoms. The average molecular weight is 572 g/mol. The maximum Gasteiger partial charge on any atom is 0.398 e. The van der Waals surface area contributed by atoms with Gasteiger partial charge >= 0.3 is 12.4 Å². The Kier molecular flexibility index (Phi) is 6.82. The van der Waals surface area contributed by atoms with E-state index < -0.39 is 69.3 Å². The molecule has 4 nitrogen and oxygen atoms in total. The molecule has 0 saturated carbocycles. The number of hydrogen-bond acceptors (Lipinski definition) is 3. The van der Waals surface area contributed by atoms with E-state index in [1.54, 1.807) is 0 Å². The summed E-state index contributed by atoms with van der Waals surface area (Å²) in [5.74, 6) is -3.03. The minimum absolute atomic E-state index is 0.0303. The molecule has 2 aliphatic rings. The summed E-state index contributed by atoms with van der Waals surface area (Å²) in [7, 11) is 0. The molecule has 1 unspecified atom stereocenters. The lowest BCUT2D eigenvalue weighted by molar-refractivity contribution is -0.185. The third-order valence-corrected chi connectivity index (χ3v) is 7.33. The molecule has 0 aromatic heterocycles. The van der Waals surface area contributed by atoms with Crippen LogP contribution in [-0.2, 0) is 27.2 Å². The summed E-state index contributed by atoms with van der Waals surface area (Å²) in [6.07, 6.45) is -12.2. The SMILES string of the molecule is CC(CC(=O)c1ccc2c(c1)COC21CN(C(=O)CC(F)(F)F)C1)(c1cc(Cl)c(F)c(Cl)c1)C(F)(F)F. The van der Waals surface area contributed by atoms with Crippen molar-refractivity contribution in [2.24, 2.45) is 0 Å². The van der Waals surface area contributed by atoms with Gasteiger partial charge in [0.25, 0.3) is 0 Å². The van der Waals surface area contributed by atoms with Crippen LogP contribution in [0.15, 0.2) is 30.3 Å². The van der Waals surface area contributed by atoms with Crippen LogP contribution in [-0.4, -0.2) is 42.0 Å². The highest BCUT2D eigenvalue weighted by Gasteiger charge is 2.55. The van der Waals surface area contributed by atoms with Crippen molar-refractivity contribution in [2.75, 3.05) is 13.1 Å². The molecule has 1 atom stereocenters. The zero-order chi connectivity index (χ0) is 27.6. The summed E-state index contributed by atoms with van der Waals surface area (Å²) in [5, 5.41) is -1.23. The molecule has 2 aromatic carbocycles. The molecule has 37 heavy (non-hydrogen) atoms. The van der Waals surface area contributed by atoms with Gasteiger partial charge in [-0.3, -0.25) is 9.59 Å². The third-order valence-electron chi connectivity index (χ3n) is 6.78. The number of hydrogen-bond donors (Lipinski definition) is 0. The summed E-state index contributed by atoms with van der Waals surface area (Å²) in [4.78, 5) is 25.8. The molecule has 13 heteroatoms. The number of likely N-dealkylation sites (tertiary alicyclic amines) is 1. The molecule has 1 fully saturated rings. The van der Waals surface area contributed by atoms with E-state index in [0.717, 1.165) is 24.0 Å². The quantitative estimate of drug-likeness (QED) is 0.227. The largest absolute Gasteiger partial charge is 0.398 e. The maximum atomic E-state index is 14.2. The lowest BCUT2D eigenvalue weighted by atomic mass is 9.76. The second-order valence-corrected chi connectivity index (χ2v) is 10.2. The first-order valence-corrected chi connectivity index (χ1v) is 11.6. The molecular formula is C24H18Cl2F7NO3. The summed E-state index contributed by atoms with van der Waals surface area (Å²) >= 11 is 11.4. The zero-order valence-electron chi connectivity index (χ0n) is 19.0. The number of carbonyl (C=O) groups excluding carboxylic acids is 2. The number of amides is 1. The molecule has 2 aliphatic heterocycles. The fourth-order valence-corrected chi connectivity index (χ4v) is 5.07. The van der Waals surface area contributed by atoms with Gasteiger partial charge in [0.15, 0.2) is 11.6 Å². The van der Waals surface area contributed by atoms with E-state index in [0.29, 0.717) is 11.1 Å². The Bertz CT molecular complexity index is 1250. The lowest BCUT2D eigenvalue weighted by Gasteiger charge is -2.47. The van der Waals surface area contributed by atoms with Gasteiger partial charge in [0.1, 0.15) is 12.0 Å². The van der Waals surface area contributed by atoms with Gasteiger partial charge in [0.2, 0.25) is 5.91 Å². The van der Waals surface area contributed by atoms with Gasteiger partial charge < -0.3 is 9.64 Å². The molecule has 4 rings (SSSR count). The molecule has 1 spiro atoms. The van der Waals surface area contributed by atoms with E-state index in [9.17, 15) is 40.3 Å². The van der Waals surface area contributed by atoms with Crippen molar-refractivity contribution in [3.05, 3.63) is 68.4 Å². The van der Waals surface area contributed by atoms with Crippen molar-refractivity contribution < 1.29 is 45.1 Å². The number of carbonyl (C=O) groups is 2. The predicted molar refractivity (Wildman–Crippen MR) is 119 cm³/mol. The maximum absolute atomic E-state index is 14.2. The van der Waals surface area contributed by atoms with Crippen LogP contribution in [0.4, 0.5) is 30.7 Å². The molecule has 0 radical (unpaired) electrons. The van der Waals surface area contributed by atoms with Crippen molar-refractivity contribution in [3.63, 3.8) is 0 Å². The van der Waals surface area contributed by atoms with Crippen molar-refractivity contribution in [1.82, 2.24) is 4.90 Å². The summed E-state index contributed by atoms with van der Waals surface area (Å²) < 4.78 is 99.5. The van der Waals surface area contributed by atoms with Crippen molar-refractivity contribution >= 4 is 34.9 Å². The normalized spacial score (nSPS) is 18.4. The van der Waals surface area contributed by atoms with E-state index in [2.05, 4.69) is 0 Å². The molecule has 1 saturated heterocycles. The number of nitrogens with zero attached hydrogens (tertiary/aromatic N) is 1. The van der Waals surface area contributed by atoms with Gasteiger partial charge in [-0.1, -0.05) is 35.3 Å². The van der Waals surface area contributed by atoms with Crippen LogP contribution in [0.3, 0.4) is 0 Å². The first kappa shape index (κ1) is 27.7. The molecule has 1 amide bonds. The number of Topliss-reactive ketones (excluding diaryl/α,β-unsaturated/α-hetero) is 1. The van der Waals surface area contributed by atoms with E-state index in [1.165, 1.54) is 18.2 Å². The van der Waals surface area contributed by atoms with Gasteiger partial charge in [-0.05, 0) is 41.8 Å². The van der Waals surface area contributed by atoms with Gasteiger partial charge in [0, 0.05) is 12.0 Å². The highest BCUT2D eigenvalue weighted by molar-refractivity contribution is 6.35. The first-order valence-electron chi connectivity index (χ1n) is 10.8. The van der Waals surface area contributed by atoms with Crippen molar-refractivity contribution in [2.45, 2.75) is 49.7 Å². The van der Waals surface area contributed by atoms with Gasteiger partial charge in [0.05, 0.1) is 35.2 Å². The van der Waals surface area contributed by atoms with Crippen LogP contribution in [0, 0.1) is 5.82 Å². The Morgan fingerprint density at radius 2 is 1.59 bits per heavy atom. The standard InChI is InChI=1S/C24H18Cl2F7NO3/c1-21(24(31,32)33,14-5-16(25)20(27)17(26)6-14)7-18(35)12-2-3-15-13(4-12)9-37-22(15)10-34(11-22)19(36)8-23(28,29)30/h2-6H,7-11H2,1H3. The number of ketones is 1. The second-order valence-electron chi connectivity index (χ2n) is 9.38. The van der Waals surface area contributed by atoms with Gasteiger partial charge in [-0.2, -0.15) is 26.3 Å². The molecule has 2 heterocycles. The van der Waals surface area contributed by atoms with Crippen molar-refractivity contribution in [3.8, 4) is 0 Å². The average Bonchev–Trinajstić information content (AvgIpc) is 3.13. The number of alkyl halides is 6. The van der Waals surface area contributed by atoms with Crippen LogP contribution in [0.25, 0.3) is 0 Å². The highest BCUT2D eigenvalue weighted by atomic mass is 35.5. The van der Waals surface area contributed by atoms with Crippen LogP contribution in [0.5, 0.6) is 0 Å². The predicted octanol–water partition coefficient (Wildman–Crippen LogP) is 6.75. The van der Waals surface area contributed by atoms with Gasteiger partial charge in [-0.25, -0.2) is 4.39 Å². The fraction of sp³-hybridized carbons (Fsp3) is 0.417. The molecule has 0 aliphatic carbocycles. The number of rotatable bonds is 5. The van der Waals surface area contributed by atoms with Crippen LogP contribution in [0.2, 0.25) is 10.0 Å². The van der Waals surface area contributed by atoms with E-state index in [1.807, 2.05) is 0 Å². The summed E-state index contributed by atoms with van der Waals surface area (Å²) in [5.41, 5.74) is -3.26. The monoisotopic (exact) mass is 571 g/mol. The Balaban J connectivity index is 1.55. The number of benzene rings is 2. The summed E-state index contributed by atoms with van der Waals surface area (Å²) in [6.45, 7) is 0.537. The van der Waals surface area contributed by atoms with E-state index in [-0.39, 0.29) is 25.3 Å². The zero-order valence-corrected chi connectivity index (χ0v) is 20.5. The van der Waals surface area contributed by atoms with Crippen LogP contribution >= 0.6 is 23.2 Å². The molecule has 2 aromatic rings. The summed E-state index contributed by atoms with van der Waals surface area (Å²) in [6, 6.07) is 5.71. The topological polar surface area (TPSA) is 46.6 Å². The Morgan fingerprint density at radius 1 is 1.00 bits per heavy atom. The second kappa shape index (κ2) is 9.13. The smallest absolute Gasteiger partial charge is 0.362 e. The highest BCUT2D eigenvalue weighted by Crippen LogP contribution is 2.47. The van der Waals surface area contributed by atoms with Gasteiger partial charge in [-0.15, -0.1) is 0 Å². The van der Waals surface area contributed by atoms with E-state index >= 15 is 0 Å². The third kappa shape index (κ3) is 5.05. The Labute approximate surface area is 216 Å².